The van der Waals surface area contributed by atoms with Crippen LogP contribution >= 0.6 is 12.2 Å². The molecule has 2 N–H and O–H groups in total. The van der Waals surface area contributed by atoms with Crippen molar-refractivity contribution in [2.75, 3.05) is 26.8 Å². The average molecular weight is 452 g/mol. The second-order valence-electron chi connectivity index (χ2n) is 8.06. The number of aromatic nitrogens is 1. The summed E-state index contributed by atoms with van der Waals surface area (Å²) < 4.78 is 11.1. The van der Waals surface area contributed by atoms with Crippen molar-refractivity contribution < 1.29 is 9.47 Å². The van der Waals surface area contributed by atoms with Crippen LogP contribution < -0.4 is 15.6 Å². The molecule has 0 aliphatic carbocycles. The molecular formula is C25H29N3O3S. The topological polar surface area (TPSA) is 66.6 Å². The number of methoxy groups -OCH3 is 1. The molecule has 1 atom stereocenters. The van der Waals surface area contributed by atoms with Gasteiger partial charge in [-0.25, -0.2) is 0 Å². The fourth-order valence-corrected chi connectivity index (χ4v) is 4.24. The van der Waals surface area contributed by atoms with Crippen LogP contribution in [0.5, 0.6) is 5.75 Å². The lowest BCUT2D eigenvalue weighted by Crippen LogP contribution is -2.44. The minimum atomic E-state index is -0.116. The normalized spacial score (nSPS) is 15.6. The first-order chi connectivity index (χ1) is 15.6. The standard InChI is InChI=1S/C25H29N3O3S/c1-30-21-10-9-19-14-20(24(29)27-23(19)15-21)16-28(17-22-8-5-13-31-22)25(32)26-12-11-18-6-3-2-4-7-18/h2-4,6-7,9-10,14-15,22H,5,8,11-13,16-17H2,1H3,(H,26,32)(H,27,29)/t22-/m0/s1. The van der Waals surface area contributed by atoms with Crippen molar-refractivity contribution in [3.63, 3.8) is 0 Å². The summed E-state index contributed by atoms with van der Waals surface area (Å²) in [7, 11) is 1.61. The van der Waals surface area contributed by atoms with E-state index in [-0.39, 0.29) is 11.7 Å². The van der Waals surface area contributed by atoms with Gasteiger partial charge in [0.15, 0.2) is 5.11 Å². The van der Waals surface area contributed by atoms with Crippen molar-refractivity contribution in [2.45, 2.75) is 31.9 Å². The Balaban J connectivity index is 1.48. The molecule has 0 unspecified atom stereocenters. The predicted molar refractivity (Wildman–Crippen MR) is 131 cm³/mol. The smallest absolute Gasteiger partial charge is 0.253 e. The van der Waals surface area contributed by atoms with Gasteiger partial charge in [0.1, 0.15) is 5.75 Å². The third-order valence-corrected chi connectivity index (χ3v) is 6.16. The van der Waals surface area contributed by atoms with Crippen LogP contribution in [0, 0.1) is 0 Å². The molecule has 168 valence electrons. The van der Waals surface area contributed by atoms with Crippen molar-refractivity contribution in [3.8, 4) is 5.75 Å². The number of H-pyrrole nitrogens is 1. The van der Waals surface area contributed by atoms with E-state index in [1.165, 1.54) is 5.56 Å². The van der Waals surface area contributed by atoms with E-state index in [1.54, 1.807) is 7.11 Å². The molecule has 2 aromatic carbocycles. The minimum absolute atomic E-state index is 0.116. The average Bonchev–Trinajstić information content (AvgIpc) is 3.32. The van der Waals surface area contributed by atoms with Crippen molar-refractivity contribution in [1.29, 1.82) is 0 Å². The number of nitrogens with one attached hydrogen (secondary N) is 2. The van der Waals surface area contributed by atoms with Crippen LogP contribution in [0.3, 0.4) is 0 Å². The van der Waals surface area contributed by atoms with Gasteiger partial charge in [0, 0.05) is 31.3 Å². The van der Waals surface area contributed by atoms with E-state index >= 15 is 0 Å². The number of hydrogen-bond acceptors (Lipinski definition) is 4. The quantitative estimate of drug-likeness (QED) is 0.510. The molecule has 2 heterocycles. The van der Waals surface area contributed by atoms with Crippen LogP contribution in [0.4, 0.5) is 0 Å². The number of nitrogens with zero attached hydrogens (tertiary/aromatic N) is 1. The van der Waals surface area contributed by atoms with Crippen molar-refractivity contribution in [2.24, 2.45) is 0 Å². The molecule has 0 amide bonds. The summed E-state index contributed by atoms with van der Waals surface area (Å²) in [6, 6.07) is 17.9. The van der Waals surface area contributed by atoms with Crippen molar-refractivity contribution in [3.05, 3.63) is 76.1 Å². The number of fused-ring (bicyclic) bond motifs is 1. The maximum Gasteiger partial charge on any atom is 0.253 e. The SMILES string of the molecule is COc1ccc2cc(CN(C[C@@H]3CCCO3)C(=S)NCCc3ccccc3)c(=O)[nH]c2c1. The highest BCUT2D eigenvalue weighted by Gasteiger charge is 2.22. The molecule has 4 rings (SSSR count). The predicted octanol–water partition coefficient (Wildman–Crippen LogP) is 3.63. The van der Waals surface area contributed by atoms with Gasteiger partial charge in [-0.2, -0.15) is 0 Å². The summed E-state index contributed by atoms with van der Waals surface area (Å²) >= 11 is 5.73. The van der Waals surface area contributed by atoms with E-state index in [4.69, 9.17) is 21.7 Å². The molecule has 3 aromatic rings. The molecule has 1 aromatic heterocycles. The molecule has 6 nitrogen and oxygen atoms in total. The number of rotatable bonds is 8. The number of aromatic amines is 1. The van der Waals surface area contributed by atoms with Crippen LogP contribution in [0.15, 0.2) is 59.4 Å². The van der Waals surface area contributed by atoms with Crippen LogP contribution in [-0.2, 0) is 17.7 Å². The number of thiocarbonyl (C=S) groups is 1. The summed E-state index contributed by atoms with van der Waals surface area (Å²) in [5, 5.41) is 4.97. The van der Waals surface area contributed by atoms with Crippen LogP contribution in [0.2, 0.25) is 0 Å². The van der Waals surface area contributed by atoms with Gasteiger partial charge in [0.05, 0.1) is 25.3 Å². The maximum atomic E-state index is 12.8. The number of hydrogen-bond donors (Lipinski definition) is 2. The van der Waals surface area contributed by atoms with Crippen LogP contribution in [0.1, 0.15) is 24.0 Å². The highest BCUT2D eigenvalue weighted by molar-refractivity contribution is 7.80. The van der Waals surface area contributed by atoms with Gasteiger partial charge < -0.3 is 24.7 Å². The fraction of sp³-hybridized carbons (Fsp3) is 0.360. The van der Waals surface area contributed by atoms with E-state index in [1.807, 2.05) is 42.5 Å². The molecule has 0 saturated carbocycles. The zero-order valence-electron chi connectivity index (χ0n) is 18.3. The molecule has 1 aliphatic rings. The first-order valence-corrected chi connectivity index (χ1v) is 11.4. The van der Waals surface area contributed by atoms with Gasteiger partial charge in [0.2, 0.25) is 0 Å². The van der Waals surface area contributed by atoms with Gasteiger partial charge in [-0.15, -0.1) is 0 Å². The molecule has 1 aliphatic heterocycles. The lowest BCUT2D eigenvalue weighted by Gasteiger charge is -2.28. The molecule has 32 heavy (non-hydrogen) atoms. The summed E-state index contributed by atoms with van der Waals surface area (Å²) in [6.07, 6.45) is 3.09. The molecule has 7 heteroatoms. The number of pyridine rings is 1. The molecule has 0 radical (unpaired) electrons. The van der Waals surface area contributed by atoms with Crippen LogP contribution in [-0.4, -0.2) is 47.9 Å². The first-order valence-electron chi connectivity index (χ1n) is 11.0. The third kappa shape index (κ3) is 5.66. The summed E-state index contributed by atoms with van der Waals surface area (Å²) in [6.45, 7) is 2.61. The third-order valence-electron chi connectivity index (χ3n) is 5.76. The van der Waals surface area contributed by atoms with Gasteiger partial charge >= 0.3 is 0 Å². The minimum Gasteiger partial charge on any atom is -0.497 e. The van der Waals surface area contributed by atoms with E-state index in [0.29, 0.717) is 29.5 Å². The van der Waals surface area contributed by atoms with Gasteiger partial charge in [-0.05, 0) is 60.6 Å². The molecule has 1 saturated heterocycles. The van der Waals surface area contributed by atoms with E-state index < -0.39 is 0 Å². The van der Waals surface area contributed by atoms with Crippen LogP contribution in [0.25, 0.3) is 10.9 Å². The second kappa shape index (κ2) is 10.6. The molecular weight excluding hydrogens is 422 g/mol. The monoisotopic (exact) mass is 451 g/mol. The zero-order valence-corrected chi connectivity index (χ0v) is 19.1. The molecule has 1 fully saturated rings. The first kappa shape index (κ1) is 22.3. The molecule has 0 spiro atoms. The highest BCUT2D eigenvalue weighted by Crippen LogP contribution is 2.20. The maximum absolute atomic E-state index is 12.8. The number of ether oxygens (including phenoxy) is 2. The van der Waals surface area contributed by atoms with E-state index in [0.717, 1.165) is 43.3 Å². The Hall–Kier alpha value is -2.90. The van der Waals surface area contributed by atoms with Gasteiger partial charge in [-0.3, -0.25) is 4.79 Å². The fourth-order valence-electron chi connectivity index (χ4n) is 4.00. The summed E-state index contributed by atoms with van der Waals surface area (Å²) in [5.74, 6) is 0.713. The van der Waals surface area contributed by atoms with E-state index in [2.05, 4.69) is 27.3 Å². The summed E-state index contributed by atoms with van der Waals surface area (Å²) in [4.78, 5) is 17.8. The number of benzene rings is 2. The van der Waals surface area contributed by atoms with Gasteiger partial charge in [0.25, 0.3) is 5.56 Å². The Morgan fingerprint density at radius 2 is 2.09 bits per heavy atom. The largest absolute Gasteiger partial charge is 0.497 e. The molecule has 0 bridgehead atoms. The van der Waals surface area contributed by atoms with Crippen molar-refractivity contribution >= 4 is 28.2 Å². The second-order valence-corrected chi connectivity index (χ2v) is 8.45. The van der Waals surface area contributed by atoms with Gasteiger partial charge in [-0.1, -0.05) is 30.3 Å². The lowest BCUT2D eigenvalue weighted by molar-refractivity contribution is 0.0897. The Labute approximate surface area is 193 Å². The Bertz CT molecular complexity index is 1110. The highest BCUT2D eigenvalue weighted by atomic mass is 32.1. The summed E-state index contributed by atoms with van der Waals surface area (Å²) in [5.41, 5.74) is 2.57. The Morgan fingerprint density at radius 1 is 1.25 bits per heavy atom. The lowest BCUT2D eigenvalue weighted by atomic mass is 10.1. The van der Waals surface area contributed by atoms with Crippen molar-refractivity contribution in [1.82, 2.24) is 15.2 Å². The zero-order chi connectivity index (χ0) is 22.3. The Morgan fingerprint density at radius 3 is 2.84 bits per heavy atom. The Kier molecular flexibility index (Phi) is 7.39. The van der Waals surface area contributed by atoms with E-state index in [9.17, 15) is 4.79 Å².